The molecule has 9 heterocycles. The highest BCUT2D eigenvalue weighted by Gasteiger charge is 2.47. The zero-order valence-corrected chi connectivity index (χ0v) is 94.6. The molecule has 0 spiro atoms. The Morgan fingerprint density at radius 3 is 0.918 bits per heavy atom. The number of carbonyl (C=O) groups is 10. The van der Waals surface area contributed by atoms with Crippen molar-refractivity contribution in [3.63, 3.8) is 0 Å². The lowest BCUT2D eigenvalue weighted by atomic mass is 9.81. The Bertz CT molecular complexity index is 5520. The molecule has 0 saturated carbocycles. The van der Waals surface area contributed by atoms with Gasteiger partial charge in [0.1, 0.15) is 41.0 Å². The summed E-state index contributed by atoms with van der Waals surface area (Å²) in [6.45, 7) is 49.1. The quantitative estimate of drug-likeness (QED) is 0.0285. The fourth-order valence-electron chi connectivity index (χ4n) is 15.8. The summed E-state index contributed by atoms with van der Waals surface area (Å²) in [6.07, 6.45) is -1.02. The molecule has 40 heteroatoms. The minimum atomic E-state index is -1.12. The van der Waals surface area contributed by atoms with Crippen LogP contribution in [0.25, 0.3) is 41.8 Å². The Labute approximate surface area is 888 Å². The summed E-state index contributed by atoms with van der Waals surface area (Å²) in [5.41, 5.74) is 24.1. The van der Waals surface area contributed by atoms with Crippen LogP contribution in [0.15, 0.2) is 119 Å². The molecule has 13 rings (SSSR count). The number of hydrogen-bond donors (Lipinski definition) is 9. The standard InChI is InChI=1S/C25H35N3O3S.C23H31N3O4S.C18H23N3O2S.C12H14N2S.C11H19NO5.C10H17NO5.C7H14O2.2ClH/c1-15(25(4,5)6)24(30)28-13-20(31-7)12-21(28)23(29)27-16(2)18-8-10-19(11-9-18)22-17(3)26-14-32-22;1-14(16-7-9-17(10-8-16)20-15(2)24-13-31-20)25-21(27)19-11-18(29-6)12-26(19)22(28)30-23(3,4)5;1-11(21-18(22)16-8-15(23-3)9-19-16)13-4-6-14(7-5-13)17-12(2)20-10-24-17;1-8(13)10-3-5-11(6-4-10)12-9(2)14-7-15-12;1-11(2,3)17-10(15)12-6-7(16-4)5-8(12)9(13)14;1-10(2,3)16-9(15)11-5-6(12)4-7(11)8(13)14;1-5(6(8)9)7(2,3)4;;/h8-11,14-16,20-21H,12-13H2,1-7H3,(H,27,29);7-10,13-14,18-19H,11-12H2,1-6H3,(H,25,27);4-7,10-11,15-16,19H,8-9H2,1-3H3,(H,21,22);3-8H,13H2,1-2H3;7-8H,5-6H2,1-4H3,(H,13,14);6-7,12H,4-5H2,1-3H3,(H,13,14);5H,1-4H3,(H,8,9);2*1H/t15-,16+,20-,21+;14-,18+,19-;11-,15+,16-;8-;7-,8+;6-,7+;5-;;/m1000111../s1. The third-order valence-corrected chi connectivity index (χ3v) is 29.2. The van der Waals surface area contributed by atoms with Crippen LogP contribution in [0.4, 0.5) is 14.4 Å². The fraction of sp³-hybridized carbons (Fsp3) is 0.566. The molecule has 4 aromatic carbocycles. The van der Waals surface area contributed by atoms with E-state index in [0.29, 0.717) is 32.4 Å². The molecule has 4 aromatic heterocycles. The van der Waals surface area contributed by atoms with Crippen LogP contribution in [0.1, 0.15) is 247 Å². The number of benzene rings is 4. The van der Waals surface area contributed by atoms with E-state index < -0.39 is 83.3 Å². The number of halogens is 2. The van der Waals surface area contributed by atoms with Crippen molar-refractivity contribution in [2.75, 3.05) is 61.2 Å². The van der Waals surface area contributed by atoms with E-state index >= 15 is 0 Å². The van der Waals surface area contributed by atoms with Crippen LogP contribution in [0.5, 0.6) is 0 Å². The number of carbonyl (C=O) groups excluding carboxylic acids is 7. The number of carboxylic acids is 3. The number of aliphatic hydroxyl groups excluding tert-OH is 1. The SMILES string of the molecule is CC(C)(C)OC(=O)N1C[C@H](O)C[C@H]1C(=O)O.CO[C@@H]1C[C@@H](C(=O)N[C@@H](C)c2ccc(-c3scnc3C)cc2)N(C(=O)OC(C)(C)C)C1.CO[C@@H]1C[C@@H](C(=O)N[C@@H](C)c2ccc(-c3scnc3C)cc2)N(C(=O)[C@@H](C)C(C)(C)C)C1.CO[C@@H]1C[C@@H](C(=O)O)N(C(=O)OC(C)(C)C)C1.CO[C@H]1CN[C@H](C(=O)N[C@@H](C)c2ccc(-c3scnc3C)cc2)C1.C[C@H](C(=O)O)C(C)(C)C.Cc1ncsc1-c1ccc([C@H](C)N)cc1.Cl.Cl. The van der Waals surface area contributed by atoms with Gasteiger partial charge in [0.2, 0.25) is 23.6 Å². The van der Waals surface area contributed by atoms with Crippen LogP contribution >= 0.6 is 70.2 Å². The Morgan fingerprint density at radius 1 is 0.384 bits per heavy atom. The van der Waals surface area contributed by atoms with Crippen LogP contribution in [-0.2, 0) is 66.7 Å². The Morgan fingerprint density at radius 2 is 0.658 bits per heavy atom. The summed E-state index contributed by atoms with van der Waals surface area (Å²) in [6, 6.07) is 29.5. The number of rotatable bonds is 22. The minimum absolute atomic E-state index is 0. The molecule has 8 aromatic rings. The van der Waals surface area contributed by atoms with Crippen molar-refractivity contribution in [3.05, 3.63) is 164 Å². The minimum Gasteiger partial charge on any atom is -0.481 e. The topological polar surface area (TPSA) is 455 Å². The number of methoxy groups -OCH3 is 4. The molecule has 5 aliphatic heterocycles. The van der Waals surface area contributed by atoms with Gasteiger partial charge < -0.3 is 85.5 Å². The number of hydrogen-bond acceptors (Lipinski definition) is 28. The smallest absolute Gasteiger partial charge is 0.411 e. The van der Waals surface area contributed by atoms with Crippen molar-refractivity contribution in [2.45, 2.75) is 307 Å². The molecule has 0 aliphatic carbocycles. The Kier molecular flexibility index (Phi) is 48.8. The molecule has 0 bridgehead atoms. The summed E-state index contributed by atoms with van der Waals surface area (Å²) in [5, 5.41) is 48.2. The predicted octanol–water partition coefficient (Wildman–Crippen LogP) is 18.9. The third kappa shape index (κ3) is 37.8. The van der Waals surface area contributed by atoms with E-state index in [1.54, 1.807) is 120 Å². The number of likely N-dealkylation sites (tertiary alicyclic amines) is 4. The molecular formula is C106H155Cl2N13O21S4. The van der Waals surface area contributed by atoms with Crippen molar-refractivity contribution >= 4 is 130 Å². The summed E-state index contributed by atoms with van der Waals surface area (Å²) < 4.78 is 37.0. The molecule has 5 aliphatic rings. The maximum Gasteiger partial charge on any atom is 0.411 e. The molecule has 5 saturated heterocycles. The molecule has 16 atom stereocenters. The normalized spacial score (nSPS) is 20.3. The van der Waals surface area contributed by atoms with Gasteiger partial charge in [-0.2, -0.15) is 0 Å². The first-order chi connectivity index (χ1) is 67.2. The Balaban J connectivity index is 0.000000308. The van der Waals surface area contributed by atoms with Crippen molar-refractivity contribution in [2.24, 2.45) is 28.4 Å². The molecule has 808 valence electrons. The number of carboxylic acid groups (broad SMARTS) is 3. The number of nitrogens with zero attached hydrogens (tertiary/aromatic N) is 8. The molecular weight excluding hydrogens is 1990 g/mol. The first-order valence-electron chi connectivity index (χ1n) is 48.4. The number of aliphatic carboxylic acids is 3. The van der Waals surface area contributed by atoms with Crippen molar-refractivity contribution in [1.29, 1.82) is 0 Å². The second kappa shape index (κ2) is 56.4. The van der Waals surface area contributed by atoms with Crippen LogP contribution in [0.2, 0.25) is 0 Å². The highest BCUT2D eigenvalue weighted by molar-refractivity contribution is 7.14. The van der Waals surface area contributed by atoms with Gasteiger partial charge in [0.05, 0.1) is 145 Å². The lowest BCUT2D eigenvalue weighted by Crippen LogP contribution is -2.49. The maximum atomic E-state index is 13.2. The second-order valence-corrected chi connectivity index (χ2v) is 45.3. The summed E-state index contributed by atoms with van der Waals surface area (Å²) in [7, 11) is 6.41. The molecule has 34 nitrogen and oxygen atoms in total. The molecule has 0 radical (unpaired) electrons. The van der Waals surface area contributed by atoms with Gasteiger partial charge in [-0.3, -0.25) is 38.7 Å². The number of ether oxygens (including phenoxy) is 7. The fourth-order valence-corrected chi connectivity index (χ4v) is 19.0. The average Bonchev–Trinajstić information content (AvgIpc) is 1.63. The van der Waals surface area contributed by atoms with Crippen LogP contribution in [0.3, 0.4) is 0 Å². The summed E-state index contributed by atoms with van der Waals surface area (Å²) >= 11 is 6.55. The maximum absolute atomic E-state index is 13.2. The lowest BCUT2D eigenvalue weighted by molar-refractivity contribution is -0.145. The zero-order valence-electron chi connectivity index (χ0n) is 89.7. The third-order valence-electron chi connectivity index (χ3n) is 25.3. The Hall–Kier alpha value is -10.2. The van der Waals surface area contributed by atoms with Crippen LogP contribution in [-0.4, -0.2) is 258 Å². The van der Waals surface area contributed by atoms with Gasteiger partial charge in [-0.15, -0.1) is 70.2 Å². The molecule has 5 fully saturated rings. The number of aromatic nitrogens is 4. The van der Waals surface area contributed by atoms with Gasteiger partial charge in [-0.1, -0.05) is 152 Å². The van der Waals surface area contributed by atoms with Gasteiger partial charge in [-0.05, 0) is 179 Å². The zero-order chi connectivity index (χ0) is 108. The monoisotopic (exact) mass is 2140 g/mol. The number of thiazole rings is 4. The molecule has 0 unspecified atom stereocenters. The highest BCUT2D eigenvalue weighted by Crippen LogP contribution is 2.37. The van der Waals surface area contributed by atoms with E-state index in [-0.39, 0.29) is 145 Å². The van der Waals surface area contributed by atoms with Gasteiger partial charge >= 0.3 is 36.2 Å². The average molecular weight is 2150 g/mol. The number of nitrogens with two attached hydrogens (primary N) is 1. The lowest BCUT2D eigenvalue weighted by Gasteiger charge is -2.33. The number of nitrogens with one attached hydrogen (secondary N) is 4. The summed E-state index contributed by atoms with van der Waals surface area (Å²) in [4.78, 5) is 147. The first kappa shape index (κ1) is 126. The molecule has 7 amide bonds. The van der Waals surface area contributed by atoms with E-state index in [1.807, 2.05) is 183 Å². The summed E-state index contributed by atoms with van der Waals surface area (Å²) in [5.74, 6) is -3.63. The second-order valence-electron chi connectivity index (χ2n) is 41.9. The van der Waals surface area contributed by atoms with Crippen LogP contribution < -0.4 is 27.0 Å². The number of aliphatic hydroxyl groups is 1. The highest BCUT2D eigenvalue weighted by atomic mass is 35.5. The van der Waals surface area contributed by atoms with Gasteiger partial charge in [-0.25, -0.2) is 43.9 Å². The predicted molar refractivity (Wildman–Crippen MR) is 576 cm³/mol. The van der Waals surface area contributed by atoms with E-state index in [0.717, 1.165) is 83.8 Å². The largest absolute Gasteiger partial charge is 0.481 e. The number of aryl methyl sites for hydroxylation is 4. The van der Waals surface area contributed by atoms with Gasteiger partial charge in [0, 0.05) is 79.2 Å². The van der Waals surface area contributed by atoms with Gasteiger partial charge in [0.15, 0.2) is 0 Å². The van der Waals surface area contributed by atoms with Gasteiger partial charge in [0.25, 0.3) is 0 Å². The number of β-amino-alcohol motifs (C(OH)–C–C–N with tert-alkyl or cyclic N) is 1. The van der Waals surface area contributed by atoms with E-state index in [2.05, 4.69) is 102 Å². The number of amides is 7. The van der Waals surface area contributed by atoms with Crippen LogP contribution in [0, 0.1) is 50.4 Å². The molecule has 146 heavy (non-hydrogen) atoms. The van der Waals surface area contributed by atoms with Crippen molar-refractivity contribution in [3.8, 4) is 41.8 Å². The van der Waals surface area contributed by atoms with E-state index in [4.69, 9.17) is 54.2 Å². The van der Waals surface area contributed by atoms with E-state index in [9.17, 15) is 53.1 Å². The van der Waals surface area contributed by atoms with Crippen molar-refractivity contribution < 1.29 is 102 Å². The van der Waals surface area contributed by atoms with Crippen molar-refractivity contribution in [1.82, 2.24) is 60.8 Å². The molecule has 10 N–H and O–H groups in total. The first-order valence-corrected chi connectivity index (χ1v) is 51.9. The van der Waals surface area contributed by atoms with E-state index in [1.165, 1.54) is 37.8 Å².